The molecular weight excluding hydrogens is 158 g/mol. The quantitative estimate of drug-likeness (QED) is 0.552. The van der Waals surface area contributed by atoms with E-state index in [-0.39, 0.29) is 0 Å². The van der Waals surface area contributed by atoms with E-state index in [9.17, 15) is 0 Å². The summed E-state index contributed by atoms with van der Waals surface area (Å²) < 4.78 is 0. The van der Waals surface area contributed by atoms with Crippen LogP contribution in [0.4, 0.5) is 0 Å². The third-order valence-electron chi connectivity index (χ3n) is 3.61. The zero-order valence-corrected chi connectivity index (χ0v) is 9.19. The second-order valence-corrected chi connectivity index (χ2v) is 5.21. The van der Waals surface area contributed by atoms with E-state index in [1.165, 1.54) is 38.6 Å². The molecule has 0 fully saturated rings. The minimum Gasteiger partial charge on any atom is -0.377 e. The van der Waals surface area contributed by atoms with Gasteiger partial charge in [0.15, 0.2) is 0 Å². The molecule has 0 N–H and O–H groups in total. The number of rotatable bonds is 0. The zero-order valence-electron chi connectivity index (χ0n) is 9.19. The van der Waals surface area contributed by atoms with Crippen molar-refractivity contribution < 1.29 is 0 Å². The van der Waals surface area contributed by atoms with E-state index in [0.29, 0.717) is 5.41 Å². The second-order valence-electron chi connectivity index (χ2n) is 5.21. The first kappa shape index (κ1) is 9.11. The molecule has 1 heterocycles. The van der Waals surface area contributed by atoms with Crippen molar-refractivity contribution in [2.75, 3.05) is 13.6 Å². The fourth-order valence-electron chi connectivity index (χ4n) is 3.13. The van der Waals surface area contributed by atoms with Crippen LogP contribution < -0.4 is 0 Å². The largest absolute Gasteiger partial charge is 0.377 e. The van der Waals surface area contributed by atoms with Crippen molar-refractivity contribution in [1.82, 2.24) is 4.90 Å². The third kappa shape index (κ3) is 1.49. The van der Waals surface area contributed by atoms with Crippen LogP contribution in [0, 0.1) is 5.41 Å². The molecule has 0 unspecified atom stereocenters. The molecule has 0 atom stereocenters. The van der Waals surface area contributed by atoms with Gasteiger partial charge in [0.05, 0.1) is 0 Å². The molecule has 0 aromatic rings. The molecule has 1 aliphatic heterocycles. The summed E-state index contributed by atoms with van der Waals surface area (Å²) in [5.41, 5.74) is 3.87. The van der Waals surface area contributed by atoms with E-state index in [1.807, 2.05) is 0 Å². The highest BCUT2D eigenvalue weighted by molar-refractivity contribution is 5.24. The Kier molecular flexibility index (Phi) is 2.13. The van der Waals surface area contributed by atoms with E-state index >= 15 is 0 Å². The lowest BCUT2D eigenvalue weighted by Gasteiger charge is -2.43. The maximum absolute atomic E-state index is 2.50. The van der Waals surface area contributed by atoms with Crippen molar-refractivity contribution in [1.29, 1.82) is 0 Å². The van der Waals surface area contributed by atoms with Crippen LogP contribution in [0.25, 0.3) is 0 Å². The molecule has 0 bridgehead atoms. The average Bonchev–Trinajstić information content (AvgIpc) is 2.02. The third-order valence-corrected chi connectivity index (χ3v) is 3.61. The molecule has 74 valence electrons. The van der Waals surface area contributed by atoms with Crippen LogP contribution in [0.5, 0.6) is 0 Å². The molecule has 2 aliphatic rings. The van der Waals surface area contributed by atoms with E-state index in [1.54, 1.807) is 11.3 Å². The van der Waals surface area contributed by atoms with Crippen LogP contribution in [0.15, 0.2) is 11.3 Å². The predicted molar refractivity (Wildman–Crippen MR) is 56.5 cm³/mol. The van der Waals surface area contributed by atoms with Gasteiger partial charge in [-0.25, -0.2) is 0 Å². The maximum Gasteiger partial charge on any atom is 0.0179 e. The molecule has 0 saturated heterocycles. The van der Waals surface area contributed by atoms with E-state index < -0.39 is 0 Å². The fourth-order valence-corrected chi connectivity index (χ4v) is 3.13. The van der Waals surface area contributed by atoms with Crippen LogP contribution >= 0.6 is 0 Å². The summed E-state index contributed by atoms with van der Waals surface area (Å²) in [6, 6.07) is 0. The van der Waals surface area contributed by atoms with Gasteiger partial charge in [-0.2, -0.15) is 0 Å². The molecule has 1 aliphatic carbocycles. The highest BCUT2D eigenvalue weighted by Crippen LogP contribution is 2.44. The molecule has 0 spiro atoms. The van der Waals surface area contributed by atoms with E-state index in [4.69, 9.17) is 0 Å². The average molecular weight is 179 g/mol. The van der Waals surface area contributed by atoms with Gasteiger partial charge in [0.25, 0.3) is 0 Å². The van der Waals surface area contributed by atoms with Crippen molar-refractivity contribution in [3.63, 3.8) is 0 Å². The summed E-state index contributed by atoms with van der Waals surface area (Å²) in [5, 5.41) is 0. The first-order valence-electron chi connectivity index (χ1n) is 5.55. The summed E-state index contributed by atoms with van der Waals surface area (Å²) >= 11 is 0. The Hall–Kier alpha value is -0.460. The first-order valence-corrected chi connectivity index (χ1v) is 5.55. The summed E-state index contributed by atoms with van der Waals surface area (Å²) in [5.74, 6) is 0. The van der Waals surface area contributed by atoms with Gasteiger partial charge in [-0.3, -0.25) is 0 Å². The van der Waals surface area contributed by atoms with Crippen LogP contribution in [0.2, 0.25) is 0 Å². The summed E-state index contributed by atoms with van der Waals surface area (Å²) in [7, 11) is 2.27. The Labute approximate surface area is 81.8 Å². The number of nitrogens with zero attached hydrogens (tertiary/aromatic N) is 1. The van der Waals surface area contributed by atoms with Crippen LogP contribution in [-0.2, 0) is 0 Å². The highest BCUT2D eigenvalue weighted by atomic mass is 15.1. The van der Waals surface area contributed by atoms with Crippen molar-refractivity contribution in [2.45, 2.75) is 46.0 Å². The summed E-state index contributed by atoms with van der Waals surface area (Å²) in [4.78, 5) is 2.50. The normalized spacial score (nSPS) is 27.5. The Bertz CT molecular complexity index is 234. The number of hydrogen-bond donors (Lipinski definition) is 0. The Morgan fingerprint density at radius 3 is 2.54 bits per heavy atom. The maximum atomic E-state index is 2.50. The standard InChI is InChI=1S/C12H21N/c1-12(2)8-4-6-10-7-5-9-13(3)11(10)12/h4-9H2,1-3H3. The topological polar surface area (TPSA) is 3.24 Å². The molecular formula is C12H21N. The Balaban J connectivity index is 2.37. The van der Waals surface area contributed by atoms with E-state index in [0.717, 1.165) is 0 Å². The first-order chi connectivity index (χ1) is 6.11. The van der Waals surface area contributed by atoms with Gasteiger partial charge in [-0.1, -0.05) is 19.4 Å². The minimum atomic E-state index is 0.447. The van der Waals surface area contributed by atoms with Gasteiger partial charge in [0.2, 0.25) is 0 Å². The summed E-state index contributed by atoms with van der Waals surface area (Å²) in [6.07, 6.45) is 6.87. The Morgan fingerprint density at radius 1 is 1.15 bits per heavy atom. The molecule has 0 saturated carbocycles. The molecule has 2 rings (SSSR count). The second kappa shape index (κ2) is 3.04. The lowest BCUT2D eigenvalue weighted by atomic mass is 9.73. The molecule has 13 heavy (non-hydrogen) atoms. The minimum absolute atomic E-state index is 0.447. The van der Waals surface area contributed by atoms with Gasteiger partial charge >= 0.3 is 0 Å². The number of allylic oxidation sites excluding steroid dienone is 2. The van der Waals surface area contributed by atoms with Crippen LogP contribution in [0.1, 0.15) is 46.0 Å². The monoisotopic (exact) mass is 179 g/mol. The van der Waals surface area contributed by atoms with Gasteiger partial charge in [0.1, 0.15) is 0 Å². The van der Waals surface area contributed by atoms with Crippen molar-refractivity contribution >= 4 is 0 Å². The molecule has 0 amide bonds. The molecule has 0 radical (unpaired) electrons. The van der Waals surface area contributed by atoms with Crippen molar-refractivity contribution in [3.8, 4) is 0 Å². The highest BCUT2D eigenvalue weighted by Gasteiger charge is 2.33. The van der Waals surface area contributed by atoms with Crippen LogP contribution in [0.3, 0.4) is 0 Å². The SMILES string of the molecule is CN1CCCC2=C1C(C)(C)CCC2. The van der Waals surface area contributed by atoms with Gasteiger partial charge < -0.3 is 4.90 Å². The molecule has 0 aromatic heterocycles. The molecule has 1 nitrogen and oxygen atoms in total. The Morgan fingerprint density at radius 2 is 1.85 bits per heavy atom. The lowest BCUT2D eigenvalue weighted by Crippen LogP contribution is -2.36. The smallest absolute Gasteiger partial charge is 0.0179 e. The fraction of sp³-hybridized carbons (Fsp3) is 0.833. The molecule has 0 aromatic carbocycles. The van der Waals surface area contributed by atoms with Gasteiger partial charge in [-0.15, -0.1) is 0 Å². The van der Waals surface area contributed by atoms with Crippen molar-refractivity contribution in [3.05, 3.63) is 11.3 Å². The zero-order chi connectivity index (χ0) is 9.47. The van der Waals surface area contributed by atoms with Gasteiger partial charge in [0, 0.05) is 24.7 Å². The van der Waals surface area contributed by atoms with E-state index in [2.05, 4.69) is 25.8 Å². The lowest BCUT2D eigenvalue weighted by molar-refractivity contribution is 0.229. The predicted octanol–water partition coefficient (Wildman–Crippen LogP) is 3.18. The van der Waals surface area contributed by atoms with Crippen molar-refractivity contribution in [2.24, 2.45) is 5.41 Å². The van der Waals surface area contributed by atoms with Crippen LogP contribution in [-0.4, -0.2) is 18.5 Å². The summed E-state index contributed by atoms with van der Waals surface area (Å²) in [6.45, 7) is 6.08. The number of hydrogen-bond acceptors (Lipinski definition) is 1. The molecule has 1 heteroatoms. The van der Waals surface area contributed by atoms with Gasteiger partial charge in [-0.05, 0) is 32.1 Å².